The van der Waals surface area contributed by atoms with Crippen LogP contribution in [0.15, 0.2) is 29.5 Å². The third-order valence-electron chi connectivity index (χ3n) is 2.88. The Morgan fingerprint density at radius 2 is 2.26 bits per heavy atom. The van der Waals surface area contributed by atoms with E-state index in [1.807, 2.05) is 6.07 Å². The molecule has 19 heavy (non-hydrogen) atoms. The normalized spacial score (nSPS) is 20.1. The van der Waals surface area contributed by atoms with Gasteiger partial charge in [0.15, 0.2) is 5.49 Å². The van der Waals surface area contributed by atoms with Gasteiger partial charge in [0.2, 0.25) is 12.3 Å². The molecule has 0 spiro atoms. The molecule has 1 fully saturated rings. The van der Waals surface area contributed by atoms with Crippen molar-refractivity contribution < 1.29 is 14.4 Å². The Kier molecular flexibility index (Phi) is 3.74. The van der Waals surface area contributed by atoms with Crippen LogP contribution in [-0.2, 0) is 21.4 Å². The first-order chi connectivity index (χ1) is 9.11. The number of hydrogen-bond donors (Lipinski definition) is 1. The summed E-state index contributed by atoms with van der Waals surface area (Å²) in [7, 11) is 1.78. The van der Waals surface area contributed by atoms with E-state index in [9.17, 15) is 14.4 Å². The van der Waals surface area contributed by atoms with Gasteiger partial charge in [0.05, 0.1) is 0 Å². The highest BCUT2D eigenvalue weighted by molar-refractivity contribution is 6.00. The first kappa shape index (κ1) is 13.0. The van der Waals surface area contributed by atoms with Crippen LogP contribution in [0.5, 0.6) is 0 Å². The second kappa shape index (κ2) is 5.47. The summed E-state index contributed by atoms with van der Waals surface area (Å²) in [4.78, 5) is 33.9. The number of carbonyl (C=O) groups is 3. The van der Waals surface area contributed by atoms with Gasteiger partial charge in [0.25, 0.3) is 5.91 Å². The second-order valence-electron chi connectivity index (χ2n) is 4.22. The van der Waals surface area contributed by atoms with Crippen LogP contribution in [-0.4, -0.2) is 33.8 Å². The smallest absolute Gasteiger partial charge is 0.251 e. The van der Waals surface area contributed by atoms with Gasteiger partial charge in [-0.15, -0.1) is 0 Å². The fraction of sp³-hybridized carbons (Fsp3) is 0.333. The van der Waals surface area contributed by atoms with Gasteiger partial charge >= 0.3 is 0 Å². The Morgan fingerprint density at radius 1 is 1.47 bits per heavy atom. The molecule has 0 saturated carbocycles. The molecule has 1 aliphatic rings. The van der Waals surface area contributed by atoms with E-state index in [-0.39, 0.29) is 18.7 Å². The number of piperidine rings is 1. The number of rotatable bonds is 3. The van der Waals surface area contributed by atoms with E-state index in [1.165, 1.54) is 0 Å². The molecule has 3 amide bonds. The maximum Gasteiger partial charge on any atom is 0.251 e. The second-order valence-corrected chi connectivity index (χ2v) is 4.22. The Hall–Kier alpha value is -2.44. The molecule has 1 aromatic rings. The van der Waals surface area contributed by atoms with Gasteiger partial charge in [-0.1, -0.05) is 6.07 Å². The van der Waals surface area contributed by atoms with Crippen molar-refractivity contribution >= 4 is 18.2 Å². The van der Waals surface area contributed by atoms with E-state index in [0.29, 0.717) is 11.9 Å². The van der Waals surface area contributed by atoms with Gasteiger partial charge in [-0.05, 0) is 18.6 Å². The summed E-state index contributed by atoms with van der Waals surface area (Å²) in [5.74, 6) is -0.817. The van der Waals surface area contributed by atoms with Gasteiger partial charge in [0.1, 0.15) is 6.04 Å². The minimum atomic E-state index is -0.740. The van der Waals surface area contributed by atoms with Gasteiger partial charge in [0, 0.05) is 19.7 Å². The summed E-state index contributed by atoms with van der Waals surface area (Å²) in [6, 6.07) is 4.60. The van der Waals surface area contributed by atoms with Crippen LogP contribution in [0.1, 0.15) is 12.8 Å². The molecule has 7 nitrogen and oxygen atoms in total. The largest absolute Gasteiger partial charge is 0.335 e. The third-order valence-corrected chi connectivity index (χ3v) is 2.88. The fourth-order valence-corrected chi connectivity index (χ4v) is 1.84. The number of pyridine rings is 1. The number of hydrogen-bond acceptors (Lipinski definition) is 4. The highest BCUT2D eigenvalue weighted by Gasteiger charge is 2.31. The fourth-order valence-electron chi connectivity index (χ4n) is 1.84. The summed E-state index contributed by atoms with van der Waals surface area (Å²) in [5, 5.41) is 7.38. The van der Waals surface area contributed by atoms with Gasteiger partial charge < -0.3 is 4.57 Å². The predicted octanol–water partition coefficient (Wildman–Crippen LogP) is -0.896. The van der Waals surface area contributed by atoms with Crippen LogP contribution >= 0.6 is 0 Å². The van der Waals surface area contributed by atoms with Crippen LogP contribution in [0, 0.1) is 0 Å². The molecule has 2 rings (SSSR count). The van der Waals surface area contributed by atoms with Gasteiger partial charge in [-0.3, -0.25) is 19.7 Å². The molecule has 1 unspecified atom stereocenters. The Morgan fingerprint density at radius 3 is 2.89 bits per heavy atom. The number of aryl methyl sites for hydroxylation is 1. The zero-order chi connectivity index (χ0) is 13.8. The zero-order valence-corrected chi connectivity index (χ0v) is 10.4. The van der Waals surface area contributed by atoms with Crippen molar-refractivity contribution in [3.63, 3.8) is 0 Å². The van der Waals surface area contributed by atoms with Crippen LogP contribution in [0.2, 0.25) is 0 Å². The molecular formula is C12H14N4O3. The lowest BCUT2D eigenvalue weighted by Gasteiger charge is -2.25. The monoisotopic (exact) mass is 262 g/mol. The molecule has 1 aliphatic heterocycles. The number of amides is 3. The standard InChI is InChI=1S/C12H14N4O3/c1-15-7-3-2-4-10(15)14-16(8-17)9-5-6-11(18)13-12(9)19/h2-4,7-9H,5-6H2,1H3,(H,13,18,19)/b14-10-. The topological polar surface area (TPSA) is 83.8 Å². The van der Waals surface area contributed by atoms with Crippen molar-refractivity contribution in [3.8, 4) is 0 Å². The average Bonchev–Trinajstić information content (AvgIpc) is 2.39. The lowest BCUT2D eigenvalue weighted by molar-refractivity contribution is -0.141. The quantitative estimate of drug-likeness (QED) is 0.435. The molecule has 0 aliphatic carbocycles. The molecule has 1 saturated heterocycles. The van der Waals surface area contributed by atoms with E-state index < -0.39 is 11.9 Å². The van der Waals surface area contributed by atoms with Gasteiger partial charge in [-0.25, -0.2) is 5.01 Å². The molecule has 0 bridgehead atoms. The number of nitrogens with zero attached hydrogens (tertiary/aromatic N) is 3. The molecule has 7 heteroatoms. The van der Waals surface area contributed by atoms with E-state index in [1.54, 1.807) is 29.9 Å². The number of imide groups is 1. The summed E-state index contributed by atoms with van der Waals surface area (Å²) in [6.07, 6.45) is 2.76. The van der Waals surface area contributed by atoms with Crippen molar-refractivity contribution in [2.75, 3.05) is 0 Å². The molecule has 1 atom stereocenters. The number of carbonyl (C=O) groups excluding carboxylic acids is 3. The molecular weight excluding hydrogens is 248 g/mol. The Balaban J connectivity index is 2.29. The maximum absolute atomic E-state index is 11.7. The van der Waals surface area contributed by atoms with E-state index in [4.69, 9.17) is 0 Å². The highest BCUT2D eigenvalue weighted by atomic mass is 16.2. The van der Waals surface area contributed by atoms with Crippen LogP contribution in [0.25, 0.3) is 0 Å². The van der Waals surface area contributed by atoms with Crippen molar-refractivity contribution in [2.24, 2.45) is 12.1 Å². The zero-order valence-electron chi connectivity index (χ0n) is 10.4. The minimum absolute atomic E-state index is 0.206. The number of nitrogens with one attached hydrogen (secondary N) is 1. The number of aromatic nitrogens is 1. The maximum atomic E-state index is 11.7. The Bertz CT molecular complexity index is 578. The third kappa shape index (κ3) is 2.87. The molecule has 0 aromatic carbocycles. The van der Waals surface area contributed by atoms with Crippen molar-refractivity contribution in [2.45, 2.75) is 18.9 Å². The average molecular weight is 262 g/mol. The molecule has 2 heterocycles. The molecule has 100 valence electrons. The van der Waals surface area contributed by atoms with Gasteiger partial charge in [-0.2, -0.15) is 5.10 Å². The predicted molar refractivity (Wildman–Crippen MR) is 65.1 cm³/mol. The molecule has 0 radical (unpaired) electrons. The lowest BCUT2D eigenvalue weighted by atomic mass is 10.1. The van der Waals surface area contributed by atoms with E-state index in [2.05, 4.69) is 10.4 Å². The summed E-state index contributed by atoms with van der Waals surface area (Å²) in [6.45, 7) is 0. The first-order valence-corrected chi connectivity index (χ1v) is 5.85. The molecule has 1 aromatic heterocycles. The van der Waals surface area contributed by atoms with Crippen LogP contribution in [0.3, 0.4) is 0 Å². The van der Waals surface area contributed by atoms with Crippen molar-refractivity contribution in [1.82, 2.24) is 14.9 Å². The highest BCUT2D eigenvalue weighted by Crippen LogP contribution is 2.10. The Labute approximate surface area is 109 Å². The van der Waals surface area contributed by atoms with Crippen molar-refractivity contribution in [1.29, 1.82) is 0 Å². The van der Waals surface area contributed by atoms with E-state index in [0.717, 1.165) is 5.01 Å². The first-order valence-electron chi connectivity index (χ1n) is 5.85. The van der Waals surface area contributed by atoms with E-state index >= 15 is 0 Å². The van der Waals surface area contributed by atoms with Crippen LogP contribution in [0.4, 0.5) is 0 Å². The lowest BCUT2D eigenvalue weighted by Crippen LogP contribution is -2.51. The van der Waals surface area contributed by atoms with Crippen molar-refractivity contribution in [3.05, 3.63) is 29.9 Å². The summed E-state index contributed by atoms with van der Waals surface area (Å²) < 4.78 is 1.72. The summed E-state index contributed by atoms with van der Waals surface area (Å²) >= 11 is 0. The molecule has 1 N–H and O–H groups in total. The SMILES string of the molecule is Cn1cccc/c1=N/N(C=O)C1CCC(=O)NC1=O. The minimum Gasteiger partial charge on any atom is -0.335 e. The van der Waals surface area contributed by atoms with Crippen LogP contribution < -0.4 is 10.8 Å². The summed E-state index contributed by atoms with van der Waals surface area (Å²) in [5.41, 5.74) is 0.541.